The van der Waals surface area contributed by atoms with Crippen LogP contribution in [0.1, 0.15) is 42.2 Å². The van der Waals surface area contributed by atoms with E-state index in [1.165, 1.54) is 30.8 Å². The summed E-state index contributed by atoms with van der Waals surface area (Å²) in [6, 6.07) is 0.634. The summed E-state index contributed by atoms with van der Waals surface area (Å²) in [5, 5.41) is 4.64. The molecule has 4 rings (SSSR count). The number of nitrogens with one attached hydrogen (secondary N) is 1. The molecule has 18 heavy (non-hydrogen) atoms. The molecule has 3 saturated carbocycles. The molecule has 1 heterocycles. The second-order valence-electron chi connectivity index (χ2n) is 6.19. The largest absolute Gasteiger partial charge is 0.372 e. The number of ketones is 1. The van der Waals surface area contributed by atoms with Gasteiger partial charge in [-0.1, -0.05) is 0 Å². The molecule has 1 aromatic heterocycles. The van der Waals surface area contributed by atoms with Gasteiger partial charge < -0.3 is 5.32 Å². The zero-order valence-electron chi connectivity index (χ0n) is 10.8. The van der Waals surface area contributed by atoms with Crippen molar-refractivity contribution in [2.45, 2.75) is 39.2 Å². The molecule has 1 aromatic rings. The molecule has 4 atom stereocenters. The predicted molar refractivity (Wildman–Crippen MR) is 72.1 cm³/mol. The standard InChI is InChI=1S/C14H18N2OS/c1-6-10(7(2)17)14(18-16-6)15-13-11-8-3-4-9(5-8)12(11)13/h8-9,11-13,15H,3-5H2,1-2H3. The van der Waals surface area contributed by atoms with Gasteiger partial charge in [0.1, 0.15) is 5.00 Å². The number of rotatable bonds is 3. The van der Waals surface area contributed by atoms with Crippen LogP contribution in [-0.2, 0) is 0 Å². The number of fused-ring (bicyclic) bond motifs is 5. The molecule has 3 aliphatic rings. The molecule has 0 radical (unpaired) electrons. The van der Waals surface area contributed by atoms with Gasteiger partial charge in [0.15, 0.2) is 5.78 Å². The molecule has 4 heteroatoms. The van der Waals surface area contributed by atoms with Crippen molar-refractivity contribution in [3.63, 3.8) is 0 Å². The van der Waals surface area contributed by atoms with Gasteiger partial charge in [-0.2, -0.15) is 4.37 Å². The smallest absolute Gasteiger partial charge is 0.164 e. The van der Waals surface area contributed by atoms with Gasteiger partial charge in [-0.15, -0.1) is 0 Å². The third kappa shape index (κ3) is 1.35. The fourth-order valence-electron chi connectivity index (χ4n) is 4.55. The van der Waals surface area contributed by atoms with Crippen LogP contribution in [0, 0.1) is 30.6 Å². The van der Waals surface area contributed by atoms with Crippen LogP contribution < -0.4 is 5.32 Å². The minimum absolute atomic E-state index is 0.137. The number of anilines is 1. The van der Waals surface area contributed by atoms with Crippen molar-refractivity contribution < 1.29 is 4.79 Å². The molecular weight excluding hydrogens is 244 g/mol. The number of Topliss-reactive ketones (excluding diaryl/α,β-unsaturated/α-hetero) is 1. The van der Waals surface area contributed by atoms with Gasteiger partial charge in [-0.05, 0) is 68.3 Å². The fourth-order valence-corrected chi connectivity index (χ4v) is 5.44. The topological polar surface area (TPSA) is 42.0 Å². The van der Waals surface area contributed by atoms with E-state index in [9.17, 15) is 4.79 Å². The Balaban J connectivity index is 1.55. The average Bonchev–Trinajstić information content (AvgIpc) is 2.70. The first-order chi connectivity index (χ1) is 8.66. The lowest BCUT2D eigenvalue weighted by atomic mass is 10.0. The summed E-state index contributed by atoms with van der Waals surface area (Å²) in [4.78, 5) is 11.7. The Hall–Kier alpha value is -0.900. The van der Waals surface area contributed by atoms with E-state index >= 15 is 0 Å². The maximum Gasteiger partial charge on any atom is 0.164 e. The number of carbonyl (C=O) groups is 1. The van der Waals surface area contributed by atoms with Crippen molar-refractivity contribution in [3.05, 3.63) is 11.3 Å². The average molecular weight is 262 g/mol. The SMILES string of the molecule is CC(=O)c1c(C)nsc1NC1C2C3CCC(C3)C12. The molecule has 3 fully saturated rings. The number of hydrogen-bond donors (Lipinski definition) is 1. The number of aryl methyl sites for hydroxylation is 1. The highest BCUT2D eigenvalue weighted by molar-refractivity contribution is 7.10. The summed E-state index contributed by atoms with van der Waals surface area (Å²) in [6.45, 7) is 3.56. The van der Waals surface area contributed by atoms with E-state index in [4.69, 9.17) is 0 Å². The van der Waals surface area contributed by atoms with E-state index < -0.39 is 0 Å². The van der Waals surface area contributed by atoms with Crippen LogP contribution in [0.2, 0.25) is 0 Å². The Bertz CT molecular complexity index is 508. The normalized spacial score (nSPS) is 39.8. The van der Waals surface area contributed by atoms with E-state index in [1.54, 1.807) is 6.92 Å². The Kier molecular flexibility index (Phi) is 2.17. The highest BCUT2D eigenvalue weighted by atomic mass is 32.1. The zero-order valence-corrected chi connectivity index (χ0v) is 11.6. The van der Waals surface area contributed by atoms with E-state index in [0.29, 0.717) is 6.04 Å². The minimum Gasteiger partial charge on any atom is -0.372 e. The van der Waals surface area contributed by atoms with Crippen LogP contribution in [0.25, 0.3) is 0 Å². The Labute approximate surface area is 111 Å². The second-order valence-corrected chi connectivity index (χ2v) is 6.96. The fraction of sp³-hybridized carbons (Fsp3) is 0.714. The van der Waals surface area contributed by atoms with Crippen molar-refractivity contribution in [2.24, 2.45) is 23.7 Å². The van der Waals surface area contributed by atoms with Crippen LogP contribution in [-0.4, -0.2) is 16.2 Å². The van der Waals surface area contributed by atoms with Crippen molar-refractivity contribution in [1.82, 2.24) is 4.37 Å². The van der Waals surface area contributed by atoms with Gasteiger partial charge in [0.25, 0.3) is 0 Å². The molecule has 0 spiro atoms. The lowest BCUT2D eigenvalue weighted by Crippen LogP contribution is -2.13. The number of aromatic nitrogens is 1. The first-order valence-electron chi connectivity index (χ1n) is 6.90. The molecule has 4 unspecified atom stereocenters. The van der Waals surface area contributed by atoms with E-state index in [-0.39, 0.29) is 5.78 Å². The Morgan fingerprint density at radius 1 is 1.33 bits per heavy atom. The summed E-state index contributed by atoms with van der Waals surface area (Å²) in [5.74, 6) is 3.86. The van der Waals surface area contributed by atoms with Gasteiger partial charge >= 0.3 is 0 Å². The van der Waals surface area contributed by atoms with Crippen molar-refractivity contribution in [1.29, 1.82) is 0 Å². The van der Waals surface area contributed by atoms with Gasteiger partial charge in [0.2, 0.25) is 0 Å². The predicted octanol–water partition coefficient (Wildman–Crippen LogP) is 3.11. The number of nitrogens with zero attached hydrogens (tertiary/aromatic N) is 1. The van der Waals surface area contributed by atoms with Crippen molar-refractivity contribution >= 4 is 22.3 Å². The molecule has 1 N–H and O–H groups in total. The first kappa shape index (κ1) is 11.0. The lowest BCUT2D eigenvalue weighted by Gasteiger charge is -2.10. The summed E-state index contributed by atoms with van der Waals surface area (Å²) in [7, 11) is 0. The van der Waals surface area contributed by atoms with Gasteiger partial charge in [-0.25, -0.2) is 0 Å². The highest BCUT2D eigenvalue weighted by Gasteiger charge is 2.65. The van der Waals surface area contributed by atoms with Crippen molar-refractivity contribution in [2.75, 3.05) is 5.32 Å². The molecule has 96 valence electrons. The molecule has 3 nitrogen and oxygen atoms in total. The van der Waals surface area contributed by atoms with Gasteiger partial charge in [0.05, 0.1) is 11.3 Å². The quantitative estimate of drug-likeness (QED) is 0.851. The van der Waals surface area contributed by atoms with E-state index in [2.05, 4.69) is 9.69 Å². The van der Waals surface area contributed by atoms with Crippen LogP contribution >= 0.6 is 11.5 Å². The van der Waals surface area contributed by atoms with Gasteiger partial charge in [-0.3, -0.25) is 4.79 Å². The monoisotopic (exact) mass is 262 g/mol. The number of hydrogen-bond acceptors (Lipinski definition) is 4. The summed E-state index contributed by atoms with van der Waals surface area (Å²) >= 11 is 1.45. The summed E-state index contributed by atoms with van der Waals surface area (Å²) < 4.78 is 4.32. The van der Waals surface area contributed by atoms with E-state index in [0.717, 1.165) is 39.9 Å². The summed E-state index contributed by atoms with van der Waals surface area (Å²) in [5.41, 5.74) is 1.70. The molecule has 2 bridgehead atoms. The zero-order chi connectivity index (χ0) is 12.4. The third-order valence-electron chi connectivity index (χ3n) is 5.25. The second kappa shape index (κ2) is 3.56. The lowest BCUT2D eigenvalue weighted by molar-refractivity contribution is 0.101. The molecule has 0 amide bonds. The minimum atomic E-state index is 0.137. The molecule has 3 aliphatic carbocycles. The van der Waals surface area contributed by atoms with Crippen LogP contribution in [0.15, 0.2) is 0 Å². The molecule has 0 saturated heterocycles. The Morgan fingerprint density at radius 2 is 2.00 bits per heavy atom. The van der Waals surface area contributed by atoms with E-state index in [1.807, 2.05) is 6.92 Å². The first-order valence-corrected chi connectivity index (χ1v) is 7.68. The highest BCUT2D eigenvalue weighted by Crippen LogP contribution is 2.66. The molecule has 0 aromatic carbocycles. The molecular formula is C14H18N2OS. The van der Waals surface area contributed by atoms with Crippen LogP contribution in [0.4, 0.5) is 5.00 Å². The van der Waals surface area contributed by atoms with Gasteiger partial charge in [0, 0.05) is 6.04 Å². The third-order valence-corrected chi connectivity index (χ3v) is 6.12. The molecule has 0 aliphatic heterocycles. The van der Waals surface area contributed by atoms with Crippen LogP contribution in [0.3, 0.4) is 0 Å². The maximum absolute atomic E-state index is 11.7. The Morgan fingerprint density at radius 3 is 2.61 bits per heavy atom. The summed E-state index contributed by atoms with van der Waals surface area (Å²) in [6.07, 6.45) is 4.34. The van der Waals surface area contributed by atoms with Crippen LogP contribution in [0.5, 0.6) is 0 Å². The van der Waals surface area contributed by atoms with Crippen molar-refractivity contribution in [3.8, 4) is 0 Å². The number of carbonyl (C=O) groups excluding carboxylic acids is 1. The maximum atomic E-state index is 11.7.